The molecule has 30 heavy (non-hydrogen) atoms. The highest BCUT2D eigenvalue weighted by atomic mass is 16.3. The first-order valence-corrected chi connectivity index (χ1v) is 11.4. The number of piperidine rings is 1. The summed E-state index contributed by atoms with van der Waals surface area (Å²) in [5, 5.41) is 11.0. The van der Waals surface area contributed by atoms with E-state index in [9.17, 15) is 14.7 Å². The Kier molecular flexibility index (Phi) is 6.51. The molecule has 3 heterocycles. The summed E-state index contributed by atoms with van der Waals surface area (Å²) in [4.78, 5) is 39.7. The summed E-state index contributed by atoms with van der Waals surface area (Å²) in [5.74, 6) is 1.35. The average molecular weight is 416 g/mol. The van der Waals surface area contributed by atoms with E-state index in [0.29, 0.717) is 70.4 Å². The highest BCUT2D eigenvalue weighted by molar-refractivity contribution is 5.86. The monoisotopic (exact) mass is 415 g/mol. The molecule has 0 bridgehead atoms. The zero-order valence-corrected chi connectivity index (χ0v) is 17.7. The van der Waals surface area contributed by atoms with Crippen LogP contribution in [0.3, 0.4) is 0 Å². The summed E-state index contributed by atoms with van der Waals surface area (Å²) in [6.45, 7) is 3.31. The van der Waals surface area contributed by atoms with Gasteiger partial charge in [0, 0.05) is 70.9 Å². The lowest BCUT2D eigenvalue weighted by Crippen LogP contribution is -2.59. The van der Waals surface area contributed by atoms with E-state index in [2.05, 4.69) is 14.9 Å². The number of hydrogen-bond acceptors (Lipinski definition) is 6. The Morgan fingerprint density at radius 1 is 0.967 bits per heavy atom. The van der Waals surface area contributed by atoms with E-state index >= 15 is 0 Å². The van der Waals surface area contributed by atoms with Gasteiger partial charge in [0.15, 0.2) is 0 Å². The Hall–Kier alpha value is -2.22. The fraction of sp³-hybridized carbons (Fsp3) is 0.727. The Bertz CT molecular complexity index is 722. The number of carbonyl (C=O) groups is 2. The van der Waals surface area contributed by atoms with Crippen LogP contribution < -0.4 is 4.90 Å². The minimum Gasteiger partial charge on any atom is -0.380 e. The molecule has 0 aromatic carbocycles. The number of rotatable bonds is 5. The Labute approximate surface area is 178 Å². The molecule has 1 aromatic heterocycles. The normalized spacial score (nSPS) is 22.4. The van der Waals surface area contributed by atoms with Crippen molar-refractivity contribution < 1.29 is 14.7 Å². The number of carbonyl (C=O) groups excluding carboxylic acids is 2. The van der Waals surface area contributed by atoms with Crippen LogP contribution in [0, 0.1) is 5.92 Å². The Balaban J connectivity index is 1.23. The summed E-state index contributed by atoms with van der Waals surface area (Å²) in [5.41, 5.74) is -1.35. The maximum atomic E-state index is 13.0. The fourth-order valence-corrected chi connectivity index (χ4v) is 4.98. The zero-order chi connectivity index (χ0) is 21.0. The topological polar surface area (TPSA) is 89.9 Å². The number of piperazine rings is 1. The number of likely N-dealkylation sites (tertiary alicyclic amines) is 1. The van der Waals surface area contributed by atoms with Crippen LogP contribution in [0.25, 0.3) is 0 Å². The van der Waals surface area contributed by atoms with Crippen molar-refractivity contribution in [2.24, 2.45) is 5.92 Å². The molecule has 4 rings (SSSR count). The van der Waals surface area contributed by atoms with Crippen molar-refractivity contribution in [3.63, 3.8) is 0 Å². The molecule has 2 aliphatic heterocycles. The van der Waals surface area contributed by atoms with E-state index < -0.39 is 5.60 Å². The summed E-state index contributed by atoms with van der Waals surface area (Å²) in [7, 11) is 0. The number of aliphatic hydroxyl groups is 1. The number of aromatic nitrogens is 2. The first-order valence-electron chi connectivity index (χ1n) is 11.4. The van der Waals surface area contributed by atoms with E-state index in [4.69, 9.17) is 0 Å². The first kappa shape index (κ1) is 21.0. The molecule has 1 saturated carbocycles. The molecule has 3 fully saturated rings. The molecule has 8 nitrogen and oxygen atoms in total. The van der Waals surface area contributed by atoms with Crippen LogP contribution in [0.5, 0.6) is 0 Å². The first-order chi connectivity index (χ1) is 14.5. The van der Waals surface area contributed by atoms with Crippen molar-refractivity contribution in [2.45, 2.75) is 57.0 Å². The third-order valence-corrected chi connectivity index (χ3v) is 6.98. The van der Waals surface area contributed by atoms with Crippen LogP contribution in [0.15, 0.2) is 18.5 Å². The second kappa shape index (κ2) is 9.29. The highest BCUT2D eigenvalue weighted by Crippen LogP contribution is 2.30. The van der Waals surface area contributed by atoms with Gasteiger partial charge in [0.05, 0.1) is 0 Å². The van der Waals surface area contributed by atoms with E-state index in [1.165, 1.54) is 25.7 Å². The zero-order valence-electron chi connectivity index (χ0n) is 17.7. The second-order valence-corrected chi connectivity index (χ2v) is 8.93. The number of amides is 2. The minimum atomic E-state index is -1.35. The SMILES string of the molecule is O=C(CCC1CCCC1)N1CCC(O)(C(=O)N2CCN(c3ncccn3)CC2)CC1. The van der Waals surface area contributed by atoms with Crippen molar-refractivity contribution >= 4 is 17.8 Å². The lowest BCUT2D eigenvalue weighted by Gasteiger charge is -2.42. The van der Waals surface area contributed by atoms with E-state index in [-0.39, 0.29) is 11.8 Å². The van der Waals surface area contributed by atoms with E-state index in [0.717, 1.165) is 6.42 Å². The summed E-state index contributed by atoms with van der Waals surface area (Å²) < 4.78 is 0. The van der Waals surface area contributed by atoms with Crippen LogP contribution >= 0.6 is 0 Å². The molecule has 0 radical (unpaired) electrons. The predicted octanol–water partition coefficient (Wildman–Crippen LogP) is 1.45. The predicted molar refractivity (Wildman–Crippen MR) is 113 cm³/mol. The molecule has 0 atom stereocenters. The van der Waals surface area contributed by atoms with Gasteiger partial charge in [-0.2, -0.15) is 0 Å². The standard InChI is InChI=1S/C22H33N5O3/c28-19(7-6-18-4-1-2-5-18)25-12-8-22(30,9-13-25)20(29)26-14-16-27(17-15-26)21-23-10-3-11-24-21/h3,10-11,18,30H,1-2,4-9,12-17H2. The molecular weight excluding hydrogens is 382 g/mol. The van der Waals surface area contributed by atoms with Crippen molar-refractivity contribution in [2.75, 3.05) is 44.2 Å². The molecule has 3 aliphatic rings. The van der Waals surface area contributed by atoms with Crippen molar-refractivity contribution in [1.29, 1.82) is 0 Å². The largest absolute Gasteiger partial charge is 0.380 e. The third kappa shape index (κ3) is 4.74. The number of anilines is 1. The van der Waals surface area contributed by atoms with Crippen LogP contribution in [0.2, 0.25) is 0 Å². The molecule has 0 unspecified atom stereocenters. The van der Waals surface area contributed by atoms with Gasteiger partial charge >= 0.3 is 0 Å². The molecule has 164 valence electrons. The van der Waals surface area contributed by atoms with Crippen LogP contribution in [-0.2, 0) is 9.59 Å². The Morgan fingerprint density at radius 2 is 1.60 bits per heavy atom. The van der Waals surface area contributed by atoms with Gasteiger partial charge in [-0.1, -0.05) is 25.7 Å². The minimum absolute atomic E-state index is 0.174. The quantitative estimate of drug-likeness (QED) is 0.783. The van der Waals surface area contributed by atoms with Crippen LogP contribution in [0.1, 0.15) is 51.4 Å². The van der Waals surface area contributed by atoms with Gasteiger partial charge in [-0.15, -0.1) is 0 Å². The smallest absolute Gasteiger partial charge is 0.254 e. The molecule has 2 amide bonds. The van der Waals surface area contributed by atoms with Crippen LogP contribution in [0.4, 0.5) is 5.95 Å². The van der Waals surface area contributed by atoms with Gasteiger partial charge in [0.1, 0.15) is 5.60 Å². The lowest BCUT2D eigenvalue weighted by atomic mass is 9.89. The highest BCUT2D eigenvalue weighted by Gasteiger charge is 2.43. The van der Waals surface area contributed by atoms with Gasteiger partial charge in [-0.25, -0.2) is 9.97 Å². The fourth-order valence-electron chi connectivity index (χ4n) is 4.98. The average Bonchev–Trinajstić information content (AvgIpc) is 3.32. The molecule has 1 aliphatic carbocycles. The van der Waals surface area contributed by atoms with E-state index in [1.54, 1.807) is 23.4 Å². The van der Waals surface area contributed by atoms with E-state index in [1.807, 2.05) is 4.90 Å². The third-order valence-electron chi connectivity index (χ3n) is 6.98. The summed E-state index contributed by atoms with van der Waals surface area (Å²) in [6, 6.07) is 1.78. The maximum Gasteiger partial charge on any atom is 0.254 e. The summed E-state index contributed by atoms with van der Waals surface area (Å²) >= 11 is 0. The summed E-state index contributed by atoms with van der Waals surface area (Å²) in [6.07, 6.45) is 10.8. The maximum absolute atomic E-state index is 13.0. The molecule has 0 spiro atoms. The van der Waals surface area contributed by atoms with Gasteiger partial charge < -0.3 is 19.8 Å². The lowest BCUT2D eigenvalue weighted by molar-refractivity contribution is -0.159. The van der Waals surface area contributed by atoms with Crippen molar-refractivity contribution in [3.8, 4) is 0 Å². The Morgan fingerprint density at radius 3 is 2.23 bits per heavy atom. The molecule has 1 N–H and O–H groups in total. The number of hydrogen-bond donors (Lipinski definition) is 1. The number of nitrogens with zero attached hydrogens (tertiary/aromatic N) is 5. The molecule has 1 aromatic rings. The van der Waals surface area contributed by atoms with Gasteiger partial charge in [-0.05, 0) is 18.4 Å². The van der Waals surface area contributed by atoms with Gasteiger partial charge in [0.2, 0.25) is 11.9 Å². The molecular formula is C22H33N5O3. The van der Waals surface area contributed by atoms with Crippen LogP contribution in [-0.4, -0.2) is 81.6 Å². The van der Waals surface area contributed by atoms with Crippen molar-refractivity contribution in [3.05, 3.63) is 18.5 Å². The molecule has 8 heteroatoms. The molecule has 2 saturated heterocycles. The van der Waals surface area contributed by atoms with Gasteiger partial charge in [0.25, 0.3) is 5.91 Å². The van der Waals surface area contributed by atoms with Gasteiger partial charge in [-0.3, -0.25) is 9.59 Å². The second-order valence-electron chi connectivity index (χ2n) is 8.93. The van der Waals surface area contributed by atoms with Crippen molar-refractivity contribution in [1.82, 2.24) is 19.8 Å².